The standard InChI is InChI=1S/C12H19N3O2/c1-7-8(16)14-12(5,6)9-13-10(17-15-9)11(2,3)4/h7H,1H2,2-6H3,(H,14,16). The summed E-state index contributed by atoms with van der Waals surface area (Å²) in [5, 5.41) is 6.65. The maximum atomic E-state index is 11.3. The second kappa shape index (κ2) is 4.31. The maximum absolute atomic E-state index is 11.3. The quantitative estimate of drug-likeness (QED) is 0.815. The van der Waals surface area contributed by atoms with E-state index in [0.717, 1.165) is 0 Å². The fourth-order valence-corrected chi connectivity index (χ4v) is 1.20. The third-order valence-electron chi connectivity index (χ3n) is 2.25. The van der Waals surface area contributed by atoms with Crippen molar-refractivity contribution in [3.63, 3.8) is 0 Å². The zero-order chi connectivity index (χ0) is 13.3. The summed E-state index contributed by atoms with van der Waals surface area (Å²) >= 11 is 0. The molecular formula is C12H19N3O2. The zero-order valence-corrected chi connectivity index (χ0v) is 11.0. The predicted molar refractivity (Wildman–Crippen MR) is 64.4 cm³/mol. The molecule has 0 aromatic carbocycles. The lowest BCUT2D eigenvalue weighted by molar-refractivity contribution is -0.118. The molecule has 0 aliphatic heterocycles. The molecule has 5 nitrogen and oxygen atoms in total. The van der Waals surface area contributed by atoms with Gasteiger partial charge >= 0.3 is 0 Å². The van der Waals surface area contributed by atoms with Crippen LogP contribution in [0.15, 0.2) is 17.2 Å². The average molecular weight is 237 g/mol. The van der Waals surface area contributed by atoms with Crippen LogP contribution in [0.2, 0.25) is 0 Å². The zero-order valence-electron chi connectivity index (χ0n) is 11.0. The van der Waals surface area contributed by atoms with E-state index in [1.54, 1.807) is 0 Å². The lowest BCUT2D eigenvalue weighted by atomic mass is 9.97. The van der Waals surface area contributed by atoms with E-state index < -0.39 is 5.54 Å². The van der Waals surface area contributed by atoms with Crippen LogP contribution in [0.5, 0.6) is 0 Å². The van der Waals surface area contributed by atoms with E-state index in [4.69, 9.17) is 4.52 Å². The Hall–Kier alpha value is -1.65. The number of carbonyl (C=O) groups excluding carboxylic acids is 1. The molecule has 0 bridgehead atoms. The first kappa shape index (κ1) is 13.4. The maximum Gasteiger partial charge on any atom is 0.244 e. The highest BCUT2D eigenvalue weighted by atomic mass is 16.5. The van der Waals surface area contributed by atoms with E-state index in [9.17, 15) is 4.79 Å². The first-order chi connectivity index (χ1) is 7.66. The summed E-state index contributed by atoms with van der Waals surface area (Å²) in [4.78, 5) is 15.6. The summed E-state index contributed by atoms with van der Waals surface area (Å²) in [6.45, 7) is 13.0. The highest BCUT2D eigenvalue weighted by molar-refractivity contribution is 5.87. The van der Waals surface area contributed by atoms with Crippen molar-refractivity contribution in [3.05, 3.63) is 24.4 Å². The summed E-state index contributed by atoms with van der Waals surface area (Å²) in [6, 6.07) is 0. The van der Waals surface area contributed by atoms with E-state index in [1.807, 2.05) is 34.6 Å². The molecular weight excluding hydrogens is 218 g/mol. The molecule has 1 N–H and O–H groups in total. The minimum absolute atomic E-state index is 0.205. The molecule has 1 aromatic heterocycles. The van der Waals surface area contributed by atoms with Crippen molar-refractivity contribution in [2.75, 3.05) is 0 Å². The van der Waals surface area contributed by atoms with Gasteiger partial charge < -0.3 is 9.84 Å². The largest absolute Gasteiger partial charge is 0.340 e. The highest BCUT2D eigenvalue weighted by Gasteiger charge is 2.30. The Labute approximate surface area is 101 Å². The van der Waals surface area contributed by atoms with Crippen LogP contribution in [-0.4, -0.2) is 16.0 Å². The first-order valence-electron chi connectivity index (χ1n) is 5.46. The van der Waals surface area contributed by atoms with Gasteiger partial charge in [0.1, 0.15) is 0 Å². The van der Waals surface area contributed by atoms with Gasteiger partial charge in [0.25, 0.3) is 0 Å². The molecule has 17 heavy (non-hydrogen) atoms. The molecule has 5 heteroatoms. The minimum Gasteiger partial charge on any atom is -0.340 e. The van der Waals surface area contributed by atoms with Crippen molar-refractivity contribution >= 4 is 5.91 Å². The normalized spacial score (nSPS) is 12.3. The van der Waals surface area contributed by atoms with Crippen LogP contribution in [0.1, 0.15) is 46.3 Å². The molecule has 0 radical (unpaired) electrons. The molecule has 0 aliphatic carbocycles. The lowest BCUT2D eigenvalue weighted by Gasteiger charge is -2.21. The van der Waals surface area contributed by atoms with Crippen LogP contribution >= 0.6 is 0 Å². The van der Waals surface area contributed by atoms with Crippen molar-refractivity contribution in [3.8, 4) is 0 Å². The summed E-state index contributed by atoms with van der Waals surface area (Å²) < 4.78 is 5.19. The number of carbonyl (C=O) groups is 1. The Morgan fingerprint density at radius 1 is 1.35 bits per heavy atom. The van der Waals surface area contributed by atoms with Crippen LogP contribution in [0.4, 0.5) is 0 Å². The summed E-state index contributed by atoms with van der Waals surface area (Å²) in [5.74, 6) is 0.739. The van der Waals surface area contributed by atoms with Crippen LogP contribution in [0, 0.1) is 0 Å². The average Bonchev–Trinajstić information content (AvgIpc) is 2.65. The predicted octanol–water partition coefficient (Wildman–Crippen LogP) is 1.90. The molecule has 0 saturated carbocycles. The molecule has 0 fully saturated rings. The fraction of sp³-hybridized carbons (Fsp3) is 0.583. The molecule has 1 heterocycles. The number of hydrogen-bond acceptors (Lipinski definition) is 4. The molecule has 1 amide bonds. The second-order valence-electron chi connectivity index (χ2n) is 5.49. The SMILES string of the molecule is C=CC(=O)NC(C)(C)c1noc(C(C)(C)C)n1. The molecule has 0 aliphatic rings. The Bertz CT molecular complexity index is 427. The lowest BCUT2D eigenvalue weighted by Crippen LogP contribution is -2.41. The Morgan fingerprint density at radius 2 is 1.94 bits per heavy atom. The number of nitrogens with one attached hydrogen (secondary N) is 1. The van der Waals surface area contributed by atoms with Crippen LogP contribution in [-0.2, 0) is 15.7 Å². The van der Waals surface area contributed by atoms with Gasteiger partial charge in [-0.25, -0.2) is 0 Å². The molecule has 1 aromatic rings. The number of nitrogens with zero attached hydrogens (tertiary/aromatic N) is 2. The van der Waals surface area contributed by atoms with E-state index in [1.165, 1.54) is 6.08 Å². The molecule has 1 rings (SSSR count). The van der Waals surface area contributed by atoms with Gasteiger partial charge in [0.15, 0.2) is 5.82 Å². The number of rotatable bonds is 3. The van der Waals surface area contributed by atoms with Gasteiger partial charge in [-0.2, -0.15) is 4.98 Å². The van der Waals surface area contributed by atoms with E-state index >= 15 is 0 Å². The van der Waals surface area contributed by atoms with Crippen molar-refractivity contribution in [2.24, 2.45) is 0 Å². The van der Waals surface area contributed by atoms with Gasteiger partial charge in [-0.3, -0.25) is 4.79 Å². The number of hydrogen-bond donors (Lipinski definition) is 1. The van der Waals surface area contributed by atoms with Gasteiger partial charge in [-0.15, -0.1) is 0 Å². The van der Waals surface area contributed by atoms with E-state index in [-0.39, 0.29) is 11.3 Å². The van der Waals surface area contributed by atoms with Crippen LogP contribution < -0.4 is 5.32 Å². The number of amides is 1. The highest BCUT2D eigenvalue weighted by Crippen LogP contribution is 2.23. The first-order valence-corrected chi connectivity index (χ1v) is 5.46. The molecule has 94 valence electrons. The van der Waals surface area contributed by atoms with Crippen LogP contribution in [0.25, 0.3) is 0 Å². The Kier molecular flexibility index (Phi) is 3.40. The van der Waals surface area contributed by atoms with Crippen molar-refractivity contribution in [1.82, 2.24) is 15.5 Å². The summed E-state index contributed by atoms with van der Waals surface area (Å²) in [5.41, 5.74) is -0.887. The third kappa shape index (κ3) is 3.15. The van der Waals surface area contributed by atoms with Gasteiger partial charge in [-0.05, 0) is 19.9 Å². The smallest absolute Gasteiger partial charge is 0.244 e. The monoisotopic (exact) mass is 237 g/mol. The Morgan fingerprint density at radius 3 is 2.35 bits per heavy atom. The van der Waals surface area contributed by atoms with Crippen molar-refractivity contribution in [1.29, 1.82) is 0 Å². The molecule has 0 saturated heterocycles. The minimum atomic E-state index is -0.682. The van der Waals surface area contributed by atoms with Gasteiger partial charge in [0.2, 0.25) is 11.8 Å². The van der Waals surface area contributed by atoms with Crippen molar-refractivity contribution in [2.45, 2.75) is 45.6 Å². The summed E-state index contributed by atoms with van der Waals surface area (Å²) in [7, 11) is 0. The van der Waals surface area contributed by atoms with Crippen molar-refractivity contribution < 1.29 is 9.32 Å². The molecule has 0 atom stereocenters. The van der Waals surface area contributed by atoms with E-state index in [2.05, 4.69) is 22.0 Å². The third-order valence-corrected chi connectivity index (χ3v) is 2.25. The van der Waals surface area contributed by atoms with E-state index in [0.29, 0.717) is 11.7 Å². The molecule has 0 spiro atoms. The van der Waals surface area contributed by atoms with Crippen LogP contribution in [0.3, 0.4) is 0 Å². The molecule has 0 unspecified atom stereocenters. The van der Waals surface area contributed by atoms with Gasteiger partial charge in [0.05, 0.1) is 5.54 Å². The second-order valence-corrected chi connectivity index (χ2v) is 5.49. The van der Waals surface area contributed by atoms with Gasteiger partial charge in [0, 0.05) is 5.41 Å². The fourth-order valence-electron chi connectivity index (χ4n) is 1.20. The number of aromatic nitrogens is 2. The topological polar surface area (TPSA) is 68.0 Å². The Balaban J connectivity index is 2.96. The summed E-state index contributed by atoms with van der Waals surface area (Å²) in [6.07, 6.45) is 1.21. The van der Waals surface area contributed by atoms with Gasteiger partial charge in [-0.1, -0.05) is 32.5 Å².